The van der Waals surface area contributed by atoms with Crippen molar-refractivity contribution in [1.82, 2.24) is 4.98 Å². The molecule has 1 aromatic heterocycles. The van der Waals surface area contributed by atoms with E-state index in [0.29, 0.717) is 6.04 Å². The number of rotatable bonds is 4. The third-order valence-corrected chi connectivity index (χ3v) is 3.64. The Hall–Kier alpha value is -1.25. The van der Waals surface area contributed by atoms with Crippen LogP contribution in [0.1, 0.15) is 46.0 Å². The topological polar surface area (TPSA) is 28.2 Å². The minimum absolute atomic E-state index is 0.612. The zero-order valence-electron chi connectivity index (χ0n) is 11.7. The van der Waals surface area contributed by atoms with Gasteiger partial charge >= 0.3 is 0 Å². The molecule has 0 bridgehead atoms. The van der Waals surface area contributed by atoms with Crippen LogP contribution in [0.4, 0.5) is 11.6 Å². The molecule has 0 spiro atoms. The highest BCUT2D eigenvalue weighted by molar-refractivity contribution is 5.47. The second-order valence-corrected chi connectivity index (χ2v) is 5.20. The molecule has 3 heteroatoms. The molecule has 0 radical (unpaired) electrons. The quantitative estimate of drug-likeness (QED) is 0.880. The molecule has 0 saturated carbocycles. The molecule has 3 nitrogen and oxygen atoms in total. The van der Waals surface area contributed by atoms with E-state index in [1.165, 1.54) is 25.7 Å². The zero-order valence-corrected chi connectivity index (χ0v) is 11.7. The molecular weight excluding hydrogens is 222 g/mol. The molecule has 18 heavy (non-hydrogen) atoms. The highest BCUT2D eigenvalue weighted by Crippen LogP contribution is 2.23. The molecule has 1 fully saturated rings. The first kappa shape index (κ1) is 13.2. The smallest absolute Gasteiger partial charge is 0.131 e. The molecule has 0 aromatic carbocycles. The molecule has 1 aromatic rings. The minimum Gasteiger partial charge on any atom is -0.370 e. The predicted octanol–water partition coefficient (Wildman–Crippen LogP) is 3.67. The fraction of sp³-hybridized carbons (Fsp3) is 0.667. The van der Waals surface area contributed by atoms with Gasteiger partial charge in [-0.05, 0) is 38.3 Å². The molecule has 1 atom stereocenters. The van der Waals surface area contributed by atoms with Gasteiger partial charge in [0.05, 0.1) is 0 Å². The highest BCUT2D eigenvalue weighted by atomic mass is 15.2. The standard InChI is InChI=1S/C15H25N3/c1-3-11-16-14-9-7-10-15(17-14)18-12-6-4-5-8-13(18)2/h7,9-10,13H,3-6,8,11-12H2,1-2H3,(H,16,17). The van der Waals surface area contributed by atoms with Gasteiger partial charge in [-0.25, -0.2) is 4.98 Å². The van der Waals surface area contributed by atoms with E-state index in [2.05, 4.69) is 42.3 Å². The van der Waals surface area contributed by atoms with Crippen LogP contribution in [0.2, 0.25) is 0 Å². The van der Waals surface area contributed by atoms with Gasteiger partial charge in [0.15, 0.2) is 0 Å². The summed E-state index contributed by atoms with van der Waals surface area (Å²) in [6, 6.07) is 6.92. The Kier molecular flexibility index (Phi) is 4.85. The number of aromatic nitrogens is 1. The van der Waals surface area contributed by atoms with Crippen molar-refractivity contribution in [1.29, 1.82) is 0 Å². The first-order valence-electron chi connectivity index (χ1n) is 7.29. The zero-order chi connectivity index (χ0) is 12.8. The van der Waals surface area contributed by atoms with Crippen molar-refractivity contribution in [2.45, 2.75) is 52.0 Å². The fourth-order valence-electron chi connectivity index (χ4n) is 2.55. The summed E-state index contributed by atoms with van der Waals surface area (Å²) in [6.45, 7) is 6.63. The number of nitrogens with zero attached hydrogens (tertiary/aromatic N) is 2. The number of hydrogen-bond acceptors (Lipinski definition) is 3. The molecule has 1 saturated heterocycles. The summed E-state index contributed by atoms with van der Waals surface area (Å²) >= 11 is 0. The third-order valence-electron chi connectivity index (χ3n) is 3.64. The van der Waals surface area contributed by atoms with Gasteiger partial charge in [-0.2, -0.15) is 0 Å². The van der Waals surface area contributed by atoms with Gasteiger partial charge in [0.25, 0.3) is 0 Å². The van der Waals surface area contributed by atoms with Gasteiger partial charge in [0.2, 0.25) is 0 Å². The van der Waals surface area contributed by atoms with Crippen LogP contribution in [0.3, 0.4) is 0 Å². The summed E-state index contributed by atoms with van der Waals surface area (Å²) < 4.78 is 0. The Morgan fingerprint density at radius 1 is 1.33 bits per heavy atom. The van der Waals surface area contributed by atoms with Crippen LogP contribution in [-0.4, -0.2) is 24.1 Å². The monoisotopic (exact) mass is 247 g/mol. The summed E-state index contributed by atoms with van der Waals surface area (Å²) in [7, 11) is 0. The lowest BCUT2D eigenvalue weighted by Crippen LogP contribution is -2.33. The van der Waals surface area contributed by atoms with Crippen LogP contribution in [-0.2, 0) is 0 Å². The molecule has 2 rings (SSSR count). The summed E-state index contributed by atoms with van der Waals surface area (Å²) in [5, 5.41) is 3.37. The maximum Gasteiger partial charge on any atom is 0.131 e. The number of hydrogen-bond donors (Lipinski definition) is 1. The van der Waals surface area contributed by atoms with E-state index >= 15 is 0 Å². The highest BCUT2D eigenvalue weighted by Gasteiger charge is 2.18. The maximum absolute atomic E-state index is 4.74. The van der Waals surface area contributed by atoms with Crippen molar-refractivity contribution in [3.8, 4) is 0 Å². The summed E-state index contributed by atoms with van der Waals surface area (Å²) in [5.74, 6) is 2.14. The summed E-state index contributed by atoms with van der Waals surface area (Å²) in [4.78, 5) is 7.20. The van der Waals surface area contributed by atoms with Crippen LogP contribution in [0, 0.1) is 0 Å². The predicted molar refractivity (Wildman–Crippen MR) is 78.3 cm³/mol. The molecule has 2 heterocycles. The first-order chi connectivity index (χ1) is 8.81. The average molecular weight is 247 g/mol. The minimum atomic E-state index is 0.612. The van der Waals surface area contributed by atoms with E-state index in [0.717, 1.165) is 31.1 Å². The lowest BCUT2D eigenvalue weighted by atomic mass is 10.1. The van der Waals surface area contributed by atoms with E-state index in [4.69, 9.17) is 4.98 Å². The van der Waals surface area contributed by atoms with Gasteiger partial charge in [0.1, 0.15) is 11.6 Å². The number of nitrogens with one attached hydrogen (secondary N) is 1. The maximum atomic E-state index is 4.74. The van der Waals surface area contributed by atoms with Crippen LogP contribution >= 0.6 is 0 Å². The second kappa shape index (κ2) is 6.62. The fourth-order valence-corrected chi connectivity index (χ4v) is 2.55. The lowest BCUT2D eigenvalue weighted by molar-refractivity contribution is 0.611. The van der Waals surface area contributed by atoms with Crippen LogP contribution < -0.4 is 10.2 Å². The second-order valence-electron chi connectivity index (χ2n) is 5.20. The van der Waals surface area contributed by atoms with Crippen LogP contribution in [0.25, 0.3) is 0 Å². The van der Waals surface area contributed by atoms with Gasteiger partial charge in [0, 0.05) is 19.1 Å². The van der Waals surface area contributed by atoms with Crippen molar-refractivity contribution in [2.24, 2.45) is 0 Å². The number of pyridine rings is 1. The van der Waals surface area contributed by atoms with E-state index in [9.17, 15) is 0 Å². The van der Waals surface area contributed by atoms with Gasteiger partial charge < -0.3 is 10.2 Å². The van der Waals surface area contributed by atoms with Gasteiger partial charge in [-0.1, -0.05) is 25.8 Å². The Bertz CT molecular complexity index is 365. The summed E-state index contributed by atoms with van der Waals surface area (Å²) in [6.07, 6.45) is 6.42. The van der Waals surface area contributed by atoms with Crippen LogP contribution in [0.5, 0.6) is 0 Å². The largest absolute Gasteiger partial charge is 0.370 e. The number of anilines is 2. The van der Waals surface area contributed by atoms with Crippen molar-refractivity contribution in [2.75, 3.05) is 23.3 Å². The average Bonchev–Trinajstić information content (AvgIpc) is 2.61. The van der Waals surface area contributed by atoms with Gasteiger partial charge in [-0.3, -0.25) is 0 Å². The van der Waals surface area contributed by atoms with E-state index < -0.39 is 0 Å². The normalized spacial score (nSPS) is 20.6. The van der Waals surface area contributed by atoms with Crippen molar-refractivity contribution < 1.29 is 0 Å². The molecule has 1 aliphatic heterocycles. The molecule has 1 N–H and O–H groups in total. The Labute approximate surface area is 111 Å². The Morgan fingerprint density at radius 2 is 2.22 bits per heavy atom. The third kappa shape index (κ3) is 3.37. The molecule has 0 amide bonds. The van der Waals surface area contributed by atoms with E-state index in [1.807, 2.05) is 0 Å². The van der Waals surface area contributed by atoms with E-state index in [1.54, 1.807) is 0 Å². The molecular formula is C15H25N3. The Balaban J connectivity index is 2.10. The summed E-state index contributed by atoms with van der Waals surface area (Å²) in [5.41, 5.74) is 0. The van der Waals surface area contributed by atoms with Crippen molar-refractivity contribution in [3.63, 3.8) is 0 Å². The van der Waals surface area contributed by atoms with E-state index in [-0.39, 0.29) is 0 Å². The first-order valence-corrected chi connectivity index (χ1v) is 7.29. The van der Waals surface area contributed by atoms with Crippen LogP contribution in [0.15, 0.2) is 18.2 Å². The molecule has 100 valence electrons. The Morgan fingerprint density at radius 3 is 3.06 bits per heavy atom. The molecule has 1 unspecified atom stereocenters. The van der Waals surface area contributed by atoms with Crippen molar-refractivity contribution in [3.05, 3.63) is 18.2 Å². The van der Waals surface area contributed by atoms with Gasteiger partial charge in [-0.15, -0.1) is 0 Å². The SMILES string of the molecule is CCCNc1cccc(N2CCCCCC2C)n1. The molecule has 1 aliphatic rings. The lowest BCUT2D eigenvalue weighted by Gasteiger charge is -2.28. The molecule has 0 aliphatic carbocycles. The van der Waals surface area contributed by atoms with Crippen molar-refractivity contribution >= 4 is 11.6 Å².